The molecule has 1 aromatic heterocycles. The monoisotopic (exact) mass is 405 g/mol. The highest BCUT2D eigenvalue weighted by Gasteiger charge is 2.13. The molecule has 0 unspecified atom stereocenters. The third-order valence-electron chi connectivity index (χ3n) is 3.72. The first kappa shape index (κ1) is 21.4. The molecule has 28 heavy (non-hydrogen) atoms. The first-order valence-corrected chi connectivity index (χ1v) is 9.66. The lowest BCUT2D eigenvalue weighted by molar-refractivity contribution is -0.123. The molecule has 8 nitrogen and oxygen atoms in total. The predicted octanol–water partition coefficient (Wildman–Crippen LogP) is 2.81. The average molecular weight is 405 g/mol. The molecular weight excluding hydrogens is 382 g/mol. The van der Waals surface area contributed by atoms with Gasteiger partial charge in [-0.05, 0) is 44.5 Å². The quantitative estimate of drug-likeness (QED) is 0.654. The van der Waals surface area contributed by atoms with Crippen molar-refractivity contribution in [3.63, 3.8) is 0 Å². The second-order valence-electron chi connectivity index (χ2n) is 6.08. The molecule has 3 amide bonds. The number of imide groups is 1. The van der Waals surface area contributed by atoms with E-state index in [1.54, 1.807) is 23.5 Å². The van der Waals surface area contributed by atoms with Crippen LogP contribution in [0.25, 0.3) is 0 Å². The number of nitrogens with one attached hydrogen (secondary N) is 2. The van der Waals surface area contributed by atoms with E-state index in [0.29, 0.717) is 12.4 Å². The number of thiazole rings is 1. The lowest BCUT2D eigenvalue weighted by Crippen LogP contribution is -2.44. The Morgan fingerprint density at radius 3 is 2.54 bits per heavy atom. The number of amides is 3. The fourth-order valence-electron chi connectivity index (χ4n) is 2.06. The van der Waals surface area contributed by atoms with Crippen molar-refractivity contribution in [3.05, 3.63) is 45.9 Å². The third kappa shape index (κ3) is 6.99. The van der Waals surface area contributed by atoms with Gasteiger partial charge in [0.1, 0.15) is 12.4 Å². The van der Waals surface area contributed by atoms with Crippen molar-refractivity contribution >= 4 is 29.2 Å². The number of carbonyl (C=O) groups excluding carboxylic acids is 3. The minimum absolute atomic E-state index is 0.0596. The zero-order chi connectivity index (χ0) is 20.5. The van der Waals surface area contributed by atoms with Gasteiger partial charge in [0.15, 0.2) is 6.61 Å². The third-order valence-corrected chi connectivity index (χ3v) is 4.54. The second-order valence-corrected chi connectivity index (χ2v) is 7.14. The number of rotatable bonds is 8. The fraction of sp³-hybridized carbons (Fsp3) is 0.368. The Morgan fingerprint density at radius 2 is 1.93 bits per heavy atom. The van der Waals surface area contributed by atoms with Crippen molar-refractivity contribution in [2.75, 3.05) is 6.61 Å². The molecule has 0 saturated carbocycles. The number of aryl methyl sites for hydroxylation is 1. The Labute approximate surface area is 167 Å². The van der Waals surface area contributed by atoms with E-state index in [4.69, 9.17) is 9.47 Å². The summed E-state index contributed by atoms with van der Waals surface area (Å²) in [5, 5.41) is 7.58. The maximum absolute atomic E-state index is 12.0. The van der Waals surface area contributed by atoms with Crippen molar-refractivity contribution in [2.45, 2.75) is 39.8 Å². The van der Waals surface area contributed by atoms with Crippen LogP contribution in [-0.4, -0.2) is 35.5 Å². The second kappa shape index (κ2) is 10.4. The van der Waals surface area contributed by atoms with Crippen LogP contribution >= 0.6 is 11.3 Å². The molecule has 0 aliphatic rings. The Balaban J connectivity index is 1.76. The molecule has 0 aliphatic heterocycles. The van der Waals surface area contributed by atoms with Crippen molar-refractivity contribution in [3.8, 4) is 5.75 Å². The van der Waals surface area contributed by atoms with Gasteiger partial charge in [-0.3, -0.25) is 10.1 Å². The summed E-state index contributed by atoms with van der Waals surface area (Å²) in [5.74, 6) is -0.784. The van der Waals surface area contributed by atoms with Gasteiger partial charge >= 0.3 is 12.0 Å². The summed E-state index contributed by atoms with van der Waals surface area (Å²) in [6, 6.07) is 5.67. The minimum Gasteiger partial charge on any atom is -0.487 e. The summed E-state index contributed by atoms with van der Waals surface area (Å²) in [7, 11) is 0. The van der Waals surface area contributed by atoms with Crippen molar-refractivity contribution < 1.29 is 23.9 Å². The molecule has 1 aromatic carbocycles. The number of hydrogen-bond acceptors (Lipinski definition) is 7. The predicted molar refractivity (Wildman–Crippen MR) is 104 cm³/mol. The summed E-state index contributed by atoms with van der Waals surface area (Å²) < 4.78 is 10.5. The highest BCUT2D eigenvalue weighted by atomic mass is 32.1. The first-order valence-electron chi connectivity index (χ1n) is 8.78. The lowest BCUT2D eigenvalue weighted by atomic mass is 10.2. The zero-order valence-electron chi connectivity index (χ0n) is 16.0. The maximum Gasteiger partial charge on any atom is 0.338 e. The van der Waals surface area contributed by atoms with Crippen LogP contribution in [0.15, 0.2) is 29.6 Å². The Morgan fingerprint density at radius 1 is 1.21 bits per heavy atom. The number of ether oxygens (including phenoxy) is 2. The van der Waals surface area contributed by atoms with Gasteiger partial charge in [-0.2, -0.15) is 0 Å². The Kier molecular flexibility index (Phi) is 7.94. The molecule has 0 radical (unpaired) electrons. The van der Waals surface area contributed by atoms with E-state index in [2.05, 4.69) is 15.6 Å². The summed E-state index contributed by atoms with van der Waals surface area (Å²) in [6.07, 6.45) is 0.736. The number of nitrogens with zero attached hydrogens (tertiary/aromatic N) is 1. The largest absolute Gasteiger partial charge is 0.487 e. The molecule has 2 N–H and O–H groups in total. The zero-order valence-corrected chi connectivity index (χ0v) is 16.8. The van der Waals surface area contributed by atoms with Crippen LogP contribution in [0.2, 0.25) is 0 Å². The van der Waals surface area contributed by atoms with Crippen LogP contribution in [0.1, 0.15) is 41.3 Å². The SMILES string of the molecule is CC[C@@H](C)NC(=O)NC(=O)COC(=O)c1ccc(OCc2csc(C)n2)cc1. The summed E-state index contributed by atoms with van der Waals surface area (Å²) >= 11 is 1.55. The van der Waals surface area contributed by atoms with E-state index >= 15 is 0 Å². The van der Waals surface area contributed by atoms with Crippen molar-refractivity contribution in [1.29, 1.82) is 0 Å². The van der Waals surface area contributed by atoms with E-state index in [1.807, 2.05) is 26.2 Å². The van der Waals surface area contributed by atoms with Gasteiger partial charge in [-0.1, -0.05) is 6.92 Å². The summed E-state index contributed by atoms with van der Waals surface area (Å²) in [4.78, 5) is 39.5. The standard InChI is InChI=1S/C19H23N3O5S/c1-4-12(2)20-19(25)22-17(23)10-27-18(24)14-5-7-16(8-6-14)26-9-15-11-28-13(3)21-15/h5-8,11-12H,4,9-10H2,1-3H3,(H2,20,22,23,25)/t12-/m1/s1. The highest BCUT2D eigenvalue weighted by molar-refractivity contribution is 7.09. The molecule has 0 saturated heterocycles. The smallest absolute Gasteiger partial charge is 0.338 e. The molecule has 1 heterocycles. The van der Waals surface area contributed by atoms with Crippen LogP contribution in [0.5, 0.6) is 5.75 Å². The van der Waals surface area contributed by atoms with Crippen molar-refractivity contribution in [1.82, 2.24) is 15.6 Å². The average Bonchev–Trinajstić information content (AvgIpc) is 3.09. The van der Waals surface area contributed by atoms with Gasteiger partial charge in [0.2, 0.25) is 0 Å². The van der Waals surface area contributed by atoms with E-state index in [-0.39, 0.29) is 11.6 Å². The summed E-state index contributed by atoms with van der Waals surface area (Å²) in [5.41, 5.74) is 1.11. The number of benzene rings is 1. The van der Waals surface area contributed by atoms with Gasteiger partial charge in [0, 0.05) is 11.4 Å². The van der Waals surface area contributed by atoms with Crippen LogP contribution in [0.4, 0.5) is 4.79 Å². The van der Waals surface area contributed by atoms with Gasteiger partial charge in [0.25, 0.3) is 5.91 Å². The molecule has 150 valence electrons. The molecule has 0 spiro atoms. The number of esters is 1. The molecule has 9 heteroatoms. The van der Waals surface area contributed by atoms with E-state index in [9.17, 15) is 14.4 Å². The number of hydrogen-bond donors (Lipinski definition) is 2. The molecular formula is C19H23N3O5S. The molecule has 0 bridgehead atoms. The molecule has 2 aromatic rings. The van der Waals surface area contributed by atoms with Gasteiger partial charge < -0.3 is 14.8 Å². The normalized spacial score (nSPS) is 11.4. The number of aromatic nitrogens is 1. The maximum atomic E-state index is 12.0. The fourth-order valence-corrected chi connectivity index (χ4v) is 2.66. The molecule has 0 fully saturated rings. The molecule has 1 atom stereocenters. The Hall–Kier alpha value is -2.94. The van der Waals surface area contributed by atoms with E-state index in [1.165, 1.54) is 12.1 Å². The van der Waals surface area contributed by atoms with Crippen LogP contribution < -0.4 is 15.4 Å². The Bertz CT molecular complexity index is 819. The van der Waals surface area contributed by atoms with Gasteiger partial charge in [0.05, 0.1) is 16.3 Å². The topological polar surface area (TPSA) is 107 Å². The summed E-state index contributed by atoms with van der Waals surface area (Å²) in [6.45, 7) is 5.44. The van der Waals surface area contributed by atoms with Crippen LogP contribution in [0.3, 0.4) is 0 Å². The first-order chi connectivity index (χ1) is 13.4. The lowest BCUT2D eigenvalue weighted by Gasteiger charge is -2.11. The molecule has 0 aliphatic carbocycles. The van der Waals surface area contributed by atoms with Crippen LogP contribution in [0, 0.1) is 6.92 Å². The van der Waals surface area contributed by atoms with Gasteiger partial charge in [-0.25, -0.2) is 14.6 Å². The van der Waals surface area contributed by atoms with Crippen LogP contribution in [-0.2, 0) is 16.1 Å². The van der Waals surface area contributed by atoms with E-state index in [0.717, 1.165) is 17.1 Å². The minimum atomic E-state index is -0.701. The van der Waals surface area contributed by atoms with E-state index < -0.39 is 24.5 Å². The van der Waals surface area contributed by atoms with Crippen molar-refractivity contribution in [2.24, 2.45) is 0 Å². The molecule has 2 rings (SSSR count). The highest BCUT2D eigenvalue weighted by Crippen LogP contribution is 2.16. The number of urea groups is 1. The van der Waals surface area contributed by atoms with Gasteiger partial charge in [-0.15, -0.1) is 11.3 Å². The number of carbonyl (C=O) groups is 3.